The van der Waals surface area contributed by atoms with Gasteiger partial charge in [-0.05, 0) is 36.1 Å². The number of carbonyl (C=O) groups excluding carboxylic acids is 1. The van der Waals surface area contributed by atoms with E-state index in [9.17, 15) is 4.79 Å². The van der Waals surface area contributed by atoms with E-state index in [1.807, 2.05) is 41.8 Å². The van der Waals surface area contributed by atoms with E-state index in [-0.39, 0.29) is 11.8 Å². The topological polar surface area (TPSA) is 70.7 Å². The monoisotopic (exact) mass is 360 g/mol. The zero-order chi connectivity index (χ0) is 17.5. The highest BCUT2D eigenvalue weighted by Gasteiger charge is 2.43. The Bertz CT molecular complexity index is 1070. The van der Waals surface area contributed by atoms with E-state index in [0.717, 1.165) is 34.7 Å². The Balaban J connectivity index is 1.33. The van der Waals surface area contributed by atoms with E-state index < -0.39 is 0 Å². The van der Waals surface area contributed by atoms with Crippen LogP contribution in [0.3, 0.4) is 0 Å². The Morgan fingerprint density at radius 1 is 1.19 bits per heavy atom. The Kier molecular flexibility index (Phi) is 3.57. The van der Waals surface area contributed by atoms with Crippen LogP contribution in [0.25, 0.3) is 22.6 Å². The lowest BCUT2D eigenvalue weighted by molar-refractivity contribution is -0.117. The van der Waals surface area contributed by atoms with Crippen LogP contribution in [0.1, 0.15) is 17.9 Å². The van der Waals surface area contributed by atoms with Crippen LogP contribution >= 0.6 is 11.3 Å². The molecule has 5 nitrogen and oxygen atoms in total. The quantitative estimate of drug-likeness (QED) is 0.566. The highest BCUT2D eigenvalue weighted by atomic mass is 32.1. The minimum Gasteiger partial charge on any atom is -0.337 e. The molecule has 1 fully saturated rings. The van der Waals surface area contributed by atoms with Gasteiger partial charge >= 0.3 is 0 Å². The summed E-state index contributed by atoms with van der Waals surface area (Å²) in [6.45, 7) is 0. The zero-order valence-electron chi connectivity index (χ0n) is 13.8. The van der Waals surface area contributed by atoms with Gasteiger partial charge in [0, 0.05) is 17.0 Å². The molecule has 1 amide bonds. The first-order chi connectivity index (χ1) is 12.8. The molecule has 128 valence electrons. The summed E-state index contributed by atoms with van der Waals surface area (Å²) in [6, 6.07) is 16.0. The van der Waals surface area contributed by atoms with Crippen LogP contribution in [-0.2, 0) is 4.79 Å². The average Bonchev–Trinajstić information content (AvgIpc) is 3.08. The van der Waals surface area contributed by atoms with Crippen LogP contribution in [0.2, 0.25) is 0 Å². The highest BCUT2D eigenvalue weighted by molar-refractivity contribution is 7.07. The number of amides is 1. The molecular formula is C20H16N4OS. The molecule has 0 radical (unpaired) electrons. The molecule has 1 saturated carbocycles. The Labute approximate surface area is 154 Å². The van der Waals surface area contributed by atoms with Crippen LogP contribution in [0.15, 0.2) is 59.4 Å². The molecule has 2 aromatic heterocycles. The molecule has 2 heterocycles. The van der Waals surface area contributed by atoms with Crippen molar-refractivity contribution in [2.45, 2.75) is 12.3 Å². The van der Waals surface area contributed by atoms with E-state index >= 15 is 0 Å². The minimum atomic E-state index is 0.0560. The van der Waals surface area contributed by atoms with Gasteiger partial charge in [-0.25, -0.2) is 9.97 Å². The second-order valence-corrected chi connectivity index (χ2v) is 7.26. The molecule has 0 saturated heterocycles. The lowest BCUT2D eigenvalue weighted by atomic mass is 10.1. The minimum absolute atomic E-state index is 0.0560. The van der Waals surface area contributed by atoms with Gasteiger partial charge in [0.2, 0.25) is 5.91 Å². The molecule has 0 unspecified atom stereocenters. The normalized spacial score (nSPS) is 18.8. The maximum Gasteiger partial charge on any atom is 0.228 e. The molecule has 5 rings (SSSR count). The van der Waals surface area contributed by atoms with Gasteiger partial charge in [0.15, 0.2) is 5.82 Å². The number of H-pyrrole nitrogens is 1. The van der Waals surface area contributed by atoms with Crippen LogP contribution in [0.4, 0.5) is 5.69 Å². The summed E-state index contributed by atoms with van der Waals surface area (Å²) in [4.78, 5) is 24.6. The van der Waals surface area contributed by atoms with Crippen molar-refractivity contribution in [3.05, 3.63) is 65.0 Å². The van der Waals surface area contributed by atoms with Gasteiger partial charge in [0.25, 0.3) is 0 Å². The number of fused-ring (bicyclic) bond motifs is 1. The summed E-state index contributed by atoms with van der Waals surface area (Å²) in [5.74, 6) is 1.22. The fourth-order valence-electron chi connectivity index (χ4n) is 3.33. The summed E-state index contributed by atoms with van der Waals surface area (Å²) < 4.78 is 0. The summed E-state index contributed by atoms with van der Waals surface area (Å²) >= 11 is 1.54. The van der Waals surface area contributed by atoms with Crippen LogP contribution in [0.5, 0.6) is 0 Å². The summed E-state index contributed by atoms with van der Waals surface area (Å²) in [7, 11) is 0. The molecular weight excluding hydrogens is 344 g/mol. The Morgan fingerprint density at radius 3 is 2.88 bits per heavy atom. The zero-order valence-corrected chi connectivity index (χ0v) is 14.7. The van der Waals surface area contributed by atoms with E-state index in [4.69, 9.17) is 0 Å². The van der Waals surface area contributed by atoms with Gasteiger partial charge in [-0.15, -0.1) is 11.3 Å². The third-order valence-electron chi connectivity index (χ3n) is 4.78. The molecule has 26 heavy (non-hydrogen) atoms. The fourth-order valence-corrected chi connectivity index (χ4v) is 3.86. The van der Waals surface area contributed by atoms with Gasteiger partial charge in [-0.2, -0.15) is 0 Å². The number of thiazole rings is 1. The van der Waals surface area contributed by atoms with Gasteiger partial charge in [-0.1, -0.05) is 30.3 Å². The number of nitrogens with zero attached hydrogens (tertiary/aromatic N) is 2. The predicted octanol–water partition coefficient (Wildman–Crippen LogP) is 4.43. The third-order valence-corrected chi connectivity index (χ3v) is 5.37. The Morgan fingerprint density at radius 2 is 2.08 bits per heavy atom. The smallest absolute Gasteiger partial charge is 0.228 e. The van der Waals surface area contributed by atoms with Gasteiger partial charge in [0.05, 0.1) is 16.5 Å². The van der Waals surface area contributed by atoms with Crippen molar-refractivity contribution in [2.75, 3.05) is 5.32 Å². The molecule has 1 aliphatic rings. The van der Waals surface area contributed by atoms with Crippen molar-refractivity contribution in [2.24, 2.45) is 5.92 Å². The van der Waals surface area contributed by atoms with E-state index in [1.165, 1.54) is 16.9 Å². The molecule has 2 N–H and O–H groups in total. The van der Waals surface area contributed by atoms with Crippen molar-refractivity contribution < 1.29 is 4.79 Å². The molecule has 0 bridgehead atoms. The lowest BCUT2D eigenvalue weighted by Crippen LogP contribution is -2.14. The van der Waals surface area contributed by atoms with Crippen LogP contribution in [0, 0.1) is 5.92 Å². The number of anilines is 1. The number of nitrogens with one attached hydrogen (secondary N) is 2. The second-order valence-electron chi connectivity index (χ2n) is 6.54. The van der Waals surface area contributed by atoms with Crippen molar-refractivity contribution >= 4 is 34.0 Å². The van der Waals surface area contributed by atoms with Crippen molar-refractivity contribution in [1.29, 1.82) is 0 Å². The standard InChI is InChI=1S/C20H16N4OS/c25-20(15-9-14(15)12-4-2-1-3-5-12)22-13-6-7-16-17(8-13)24-19(23-16)18-10-26-11-21-18/h1-8,10-11,14-15H,9H2,(H,22,25)(H,23,24)/t14-,15+/m1/s1. The molecule has 2 aromatic carbocycles. The molecule has 0 aliphatic heterocycles. The number of imidazole rings is 1. The van der Waals surface area contributed by atoms with Crippen molar-refractivity contribution in [3.63, 3.8) is 0 Å². The lowest BCUT2D eigenvalue weighted by Gasteiger charge is -2.05. The first-order valence-corrected chi connectivity index (χ1v) is 9.46. The summed E-state index contributed by atoms with van der Waals surface area (Å²) in [6.07, 6.45) is 0.913. The summed E-state index contributed by atoms with van der Waals surface area (Å²) in [5.41, 5.74) is 6.40. The van der Waals surface area contributed by atoms with Crippen LogP contribution < -0.4 is 5.32 Å². The largest absolute Gasteiger partial charge is 0.337 e. The second kappa shape index (κ2) is 6.07. The van der Waals surface area contributed by atoms with Crippen molar-refractivity contribution in [1.82, 2.24) is 15.0 Å². The molecule has 0 spiro atoms. The predicted molar refractivity (Wildman–Crippen MR) is 103 cm³/mol. The number of aromatic amines is 1. The van der Waals surface area contributed by atoms with Gasteiger partial charge < -0.3 is 10.3 Å². The highest BCUT2D eigenvalue weighted by Crippen LogP contribution is 2.47. The average molecular weight is 360 g/mol. The van der Waals surface area contributed by atoms with E-state index in [2.05, 4.69) is 32.4 Å². The maximum atomic E-state index is 12.5. The molecule has 1 aliphatic carbocycles. The molecule has 2 atom stereocenters. The summed E-state index contributed by atoms with van der Waals surface area (Å²) in [5, 5.41) is 5.00. The first-order valence-electron chi connectivity index (χ1n) is 8.52. The SMILES string of the molecule is O=C(Nc1ccc2nc(-c3cscn3)[nH]c2c1)[C@H]1C[C@@H]1c1ccccc1. The first kappa shape index (κ1) is 15.3. The molecule has 4 aromatic rings. The van der Waals surface area contributed by atoms with Gasteiger partial charge in [-0.3, -0.25) is 4.79 Å². The number of aromatic nitrogens is 3. The fraction of sp³-hybridized carbons (Fsp3) is 0.150. The van der Waals surface area contributed by atoms with Crippen molar-refractivity contribution in [3.8, 4) is 11.5 Å². The van der Waals surface area contributed by atoms with E-state index in [1.54, 1.807) is 5.51 Å². The third kappa shape index (κ3) is 2.78. The van der Waals surface area contributed by atoms with E-state index in [0.29, 0.717) is 5.92 Å². The Hall–Kier alpha value is -2.99. The molecule has 6 heteroatoms. The number of hydrogen-bond acceptors (Lipinski definition) is 4. The maximum absolute atomic E-state index is 12.5. The number of rotatable bonds is 4. The number of hydrogen-bond donors (Lipinski definition) is 2. The van der Waals surface area contributed by atoms with Crippen LogP contribution in [-0.4, -0.2) is 20.9 Å². The number of benzene rings is 2. The number of carbonyl (C=O) groups is 1. The van der Waals surface area contributed by atoms with Gasteiger partial charge in [0.1, 0.15) is 5.69 Å².